The minimum atomic E-state index is -0.512. The van der Waals surface area contributed by atoms with Gasteiger partial charge in [0.25, 0.3) is 5.91 Å². The molecule has 5 nitrogen and oxygen atoms in total. The third-order valence-corrected chi connectivity index (χ3v) is 4.35. The van der Waals surface area contributed by atoms with Crippen molar-refractivity contribution in [2.24, 2.45) is 0 Å². The minimum absolute atomic E-state index is 0. The standard InChI is InChI=1S/C14H15Cl2N3O2.ClH/c15-9-3-4-12(10(16)7-9)19-13(20)11(17-14(19)21)8-18-5-1-2-6-18;/h3-4,7,11H,1-2,5-6,8H2,(H,17,21);1H. The lowest BCUT2D eigenvalue weighted by Crippen LogP contribution is -2.41. The van der Waals surface area contributed by atoms with E-state index in [9.17, 15) is 9.59 Å². The summed E-state index contributed by atoms with van der Waals surface area (Å²) in [7, 11) is 0. The van der Waals surface area contributed by atoms with E-state index < -0.39 is 12.1 Å². The van der Waals surface area contributed by atoms with Crippen molar-refractivity contribution in [1.29, 1.82) is 0 Å². The van der Waals surface area contributed by atoms with E-state index in [0.29, 0.717) is 17.3 Å². The molecule has 1 atom stereocenters. The summed E-state index contributed by atoms with van der Waals surface area (Å²) < 4.78 is 0. The zero-order chi connectivity index (χ0) is 15.0. The zero-order valence-corrected chi connectivity index (χ0v) is 14.0. The first-order valence-electron chi connectivity index (χ1n) is 6.88. The van der Waals surface area contributed by atoms with Crippen molar-refractivity contribution in [3.63, 3.8) is 0 Å². The Balaban J connectivity index is 0.00000176. The summed E-state index contributed by atoms with van der Waals surface area (Å²) in [4.78, 5) is 27.8. The van der Waals surface area contributed by atoms with Gasteiger partial charge in [-0.05, 0) is 44.1 Å². The molecule has 3 amide bonds. The number of benzene rings is 1. The van der Waals surface area contributed by atoms with E-state index >= 15 is 0 Å². The summed E-state index contributed by atoms with van der Waals surface area (Å²) in [5.74, 6) is -0.267. The summed E-state index contributed by atoms with van der Waals surface area (Å²) in [6.07, 6.45) is 2.28. The van der Waals surface area contributed by atoms with Crippen molar-refractivity contribution in [3.8, 4) is 0 Å². The van der Waals surface area contributed by atoms with Crippen LogP contribution < -0.4 is 10.2 Å². The van der Waals surface area contributed by atoms with Gasteiger partial charge in [-0.15, -0.1) is 12.4 Å². The fourth-order valence-corrected chi connectivity index (χ4v) is 3.26. The summed E-state index contributed by atoms with van der Waals surface area (Å²) in [6, 6.07) is 3.76. The van der Waals surface area contributed by atoms with E-state index in [2.05, 4.69) is 10.2 Å². The Kier molecular flexibility index (Phi) is 5.55. The summed E-state index contributed by atoms with van der Waals surface area (Å²) in [5.41, 5.74) is 0.368. The Labute approximate surface area is 144 Å². The van der Waals surface area contributed by atoms with Crippen LogP contribution in [0.4, 0.5) is 10.5 Å². The number of carbonyl (C=O) groups is 2. The van der Waals surface area contributed by atoms with Crippen LogP contribution in [0.1, 0.15) is 12.8 Å². The molecule has 0 aliphatic carbocycles. The van der Waals surface area contributed by atoms with Crippen LogP contribution in [0.5, 0.6) is 0 Å². The average Bonchev–Trinajstić information content (AvgIpc) is 3.02. The molecule has 1 N–H and O–H groups in total. The quantitative estimate of drug-likeness (QED) is 0.839. The second-order valence-electron chi connectivity index (χ2n) is 5.28. The van der Waals surface area contributed by atoms with Crippen LogP contribution in [-0.2, 0) is 4.79 Å². The fraction of sp³-hybridized carbons (Fsp3) is 0.429. The molecule has 120 valence electrons. The van der Waals surface area contributed by atoms with Crippen molar-refractivity contribution >= 4 is 53.2 Å². The number of carbonyl (C=O) groups excluding carboxylic acids is 2. The molecule has 3 rings (SSSR count). The van der Waals surface area contributed by atoms with Crippen LogP contribution in [0.15, 0.2) is 18.2 Å². The monoisotopic (exact) mass is 363 g/mol. The Bertz CT molecular complexity index is 591. The molecule has 2 fully saturated rings. The van der Waals surface area contributed by atoms with Crippen LogP contribution in [-0.4, -0.2) is 42.5 Å². The van der Waals surface area contributed by atoms with Crippen LogP contribution in [0.25, 0.3) is 0 Å². The van der Waals surface area contributed by atoms with Gasteiger partial charge in [-0.1, -0.05) is 23.2 Å². The van der Waals surface area contributed by atoms with Crippen molar-refractivity contribution < 1.29 is 9.59 Å². The minimum Gasteiger partial charge on any atom is -0.324 e. The van der Waals surface area contributed by atoms with Gasteiger partial charge in [-0.2, -0.15) is 0 Å². The largest absolute Gasteiger partial charge is 0.329 e. The molecule has 8 heteroatoms. The van der Waals surface area contributed by atoms with E-state index in [1.807, 2.05) is 0 Å². The van der Waals surface area contributed by atoms with Gasteiger partial charge in [0.2, 0.25) is 0 Å². The number of hydrogen-bond acceptors (Lipinski definition) is 3. The first-order chi connectivity index (χ1) is 10.1. The molecule has 0 saturated carbocycles. The zero-order valence-electron chi connectivity index (χ0n) is 11.7. The Morgan fingerprint density at radius 2 is 1.86 bits per heavy atom. The van der Waals surface area contributed by atoms with Crippen LogP contribution >= 0.6 is 35.6 Å². The lowest BCUT2D eigenvalue weighted by Gasteiger charge is -2.18. The van der Waals surface area contributed by atoms with Gasteiger partial charge in [0.05, 0.1) is 10.7 Å². The predicted octanol–water partition coefficient (Wildman–Crippen LogP) is 2.94. The molecular formula is C14H16Cl3N3O2. The smallest absolute Gasteiger partial charge is 0.324 e. The number of nitrogens with zero attached hydrogens (tertiary/aromatic N) is 2. The van der Waals surface area contributed by atoms with Gasteiger partial charge >= 0.3 is 6.03 Å². The summed E-state index contributed by atoms with van der Waals surface area (Å²) in [5, 5.41) is 3.47. The van der Waals surface area contributed by atoms with E-state index in [1.54, 1.807) is 12.1 Å². The number of imide groups is 1. The number of hydrogen-bond donors (Lipinski definition) is 1. The molecule has 2 aliphatic heterocycles. The highest BCUT2D eigenvalue weighted by atomic mass is 35.5. The van der Waals surface area contributed by atoms with Gasteiger partial charge in [-0.25, -0.2) is 9.69 Å². The molecule has 0 radical (unpaired) electrons. The topological polar surface area (TPSA) is 52.7 Å². The molecule has 2 saturated heterocycles. The normalized spacial score (nSPS) is 21.9. The number of anilines is 1. The molecule has 1 aromatic carbocycles. The van der Waals surface area contributed by atoms with Crippen molar-refractivity contribution in [1.82, 2.24) is 10.2 Å². The molecule has 2 aliphatic rings. The second-order valence-corrected chi connectivity index (χ2v) is 6.12. The van der Waals surface area contributed by atoms with Crippen LogP contribution in [0, 0.1) is 0 Å². The van der Waals surface area contributed by atoms with Gasteiger partial charge in [0.1, 0.15) is 6.04 Å². The molecule has 22 heavy (non-hydrogen) atoms. The number of rotatable bonds is 3. The fourth-order valence-electron chi connectivity index (χ4n) is 2.77. The van der Waals surface area contributed by atoms with E-state index in [0.717, 1.165) is 30.8 Å². The summed E-state index contributed by atoms with van der Waals surface area (Å²) >= 11 is 11.9. The van der Waals surface area contributed by atoms with Crippen molar-refractivity contribution in [3.05, 3.63) is 28.2 Å². The highest BCUT2D eigenvalue weighted by Gasteiger charge is 2.40. The number of urea groups is 1. The number of halogens is 3. The molecule has 0 bridgehead atoms. The van der Waals surface area contributed by atoms with Gasteiger partial charge in [0, 0.05) is 11.6 Å². The molecule has 0 spiro atoms. The van der Waals surface area contributed by atoms with Crippen LogP contribution in [0.2, 0.25) is 10.0 Å². The SMILES string of the molecule is Cl.O=C1NC(CN2CCCC2)C(=O)N1c1ccc(Cl)cc1Cl. The number of amides is 3. The summed E-state index contributed by atoms with van der Waals surface area (Å²) in [6.45, 7) is 2.50. The molecule has 1 aromatic rings. The highest BCUT2D eigenvalue weighted by molar-refractivity contribution is 6.38. The van der Waals surface area contributed by atoms with Crippen molar-refractivity contribution in [2.45, 2.75) is 18.9 Å². The second kappa shape index (κ2) is 7.04. The maximum absolute atomic E-state index is 12.5. The van der Waals surface area contributed by atoms with E-state index in [1.165, 1.54) is 6.07 Å². The highest BCUT2D eigenvalue weighted by Crippen LogP contribution is 2.31. The predicted molar refractivity (Wildman–Crippen MR) is 89.2 cm³/mol. The maximum Gasteiger partial charge on any atom is 0.329 e. The van der Waals surface area contributed by atoms with Gasteiger partial charge in [0.15, 0.2) is 0 Å². The van der Waals surface area contributed by atoms with Crippen LogP contribution in [0.3, 0.4) is 0 Å². The van der Waals surface area contributed by atoms with E-state index in [-0.39, 0.29) is 23.3 Å². The molecule has 1 unspecified atom stereocenters. The third-order valence-electron chi connectivity index (χ3n) is 3.81. The first kappa shape index (κ1) is 17.3. The van der Waals surface area contributed by atoms with Gasteiger partial charge < -0.3 is 10.2 Å². The number of nitrogens with one attached hydrogen (secondary N) is 1. The Morgan fingerprint density at radius 1 is 1.18 bits per heavy atom. The first-order valence-corrected chi connectivity index (χ1v) is 7.64. The molecular weight excluding hydrogens is 349 g/mol. The lowest BCUT2D eigenvalue weighted by molar-refractivity contribution is -0.118. The lowest BCUT2D eigenvalue weighted by atomic mass is 10.2. The molecule has 2 heterocycles. The maximum atomic E-state index is 12.5. The third kappa shape index (κ3) is 3.33. The van der Waals surface area contributed by atoms with E-state index in [4.69, 9.17) is 23.2 Å². The van der Waals surface area contributed by atoms with Crippen molar-refractivity contribution in [2.75, 3.05) is 24.5 Å². The Hall–Kier alpha value is -1.01. The molecule has 0 aromatic heterocycles. The Morgan fingerprint density at radius 3 is 2.50 bits per heavy atom. The number of likely N-dealkylation sites (tertiary alicyclic amines) is 1. The van der Waals surface area contributed by atoms with Gasteiger partial charge in [-0.3, -0.25) is 4.79 Å². The average molecular weight is 365 g/mol.